The number of carbonyl (C=O) groups is 2. The Balaban J connectivity index is 3.82. The fourth-order valence-electron chi connectivity index (χ4n) is 1.56. The van der Waals surface area contributed by atoms with Crippen LogP contribution in [0.1, 0.15) is 46.0 Å². The van der Waals surface area contributed by atoms with E-state index in [1.54, 1.807) is 0 Å². The maximum Gasteiger partial charge on any atom is 0.328 e. The molecule has 0 aliphatic carbocycles. The van der Waals surface area contributed by atoms with Gasteiger partial charge in [0.05, 0.1) is 6.61 Å². The summed E-state index contributed by atoms with van der Waals surface area (Å²) in [5, 5.41) is 22.3. The van der Waals surface area contributed by atoms with Crippen LogP contribution in [-0.2, 0) is 4.79 Å². The predicted molar refractivity (Wildman–Crippen MR) is 68.4 cm³/mol. The number of carbonyl (C=O) groups excluding carboxylic acids is 1. The van der Waals surface area contributed by atoms with Gasteiger partial charge in [0.15, 0.2) is 6.04 Å². The van der Waals surface area contributed by atoms with Gasteiger partial charge in [-0.1, -0.05) is 32.6 Å². The second-order valence-electron chi connectivity index (χ2n) is 4.44. The standard InChI is InChI=1S/C12H24N2O4/c1-3-4-5-6-7-9(2)13-12(18)14-10(8-15)11(16)17/h9-10,15H,3-8H2,1-2H3,(H,16,17)(H2,13,14,18)/t9?,10-/m1/s1. The molecule has 6 heteroatoms. The van der Waals surface area contributed by atoms with E-state index >= 15 is 0 Å². The Morgan fingerprint density at radius 3 is 2.33 bits per heavy atom. The van der Waals surface area contributed by atoms with Crippen molar-refractivity contribution in [3.63, 3.8) is 0 Å². The normalized spacial score (nSPS) is 13.7. The summed E-state index contributed by atoms with van der Waals surface area (Å²) in [6, 6.07) is -1.81. The number of urea groups is 1. The van der Waals surface area contributed by atoms with Crippen LogP contribution in [0.3, 0.4) is 0 Å². The van der Waals surface area contributed by atoms with Crippen molar-refractivity contribution >= 4 is 12.0 Å². The maximum atomic E-state index is 11.4. The number of aliphatic hydroxyl groups excluding tert-OH is 1. The molecule has 0 aromatic rings. The lowest BCUT2D eigenvalue weighted by Crippen LogP contribution is -2.49. The van der Waals surface area contributed by atoms with Crippen molar-refractivity contribution in [1.82, 2.24) is 10.6 Å². The Labute approximate surface area is 108 Å². The van der Waals surface area contributed by atoms with Crippen LogP contribution in [0.5, 0.6) is 0 Å². The van der Waals surface area contributed by atoms with E-state index in [4.69, 9.17) is 10.2 Å². The molecule has 0 saturated heterocycles. The number of hydrogen-bond donors (Lipinski definition) is 4. The summed E-state index contributed by atoms with van der Waals surface area (Å²) in [6.07, 6.45) is 5.39. The number of unbranched alkanes of at least 4 members (excludes halogenated alkanes) is 3. The molecule has 0 radical (unpaired) electrons. The van der Waals surface area contributed by atoms with Crippen molar-refractivity contribution in [1.29, 1.82) is 0 Å². The zero-order chi connectivity index (χ0) is 14.0. The van der Waals surface area contributed by atoms with Crippen LogP contribution in [-0.4, -0.2) is 40.9 Å². The molecular weight excluding hydrogens is 236 g/mol. The molecule has 0 aromatic heterocycles. The molecule has 0 heterocycles. The first-order valence-electron chi connectivity index (χ1n) is 6.42. The van der Waals surface area contributed by atoms with Crippen molar-refractivity contribution in [3.05, 3.63) is 0 Å². The number of aliphatic hydroxyl groups is 1. The molecule has 1 unspecified atom stereocenters. The minimum absolute atomic E-state index is 0.00464. The smallest absolute Gasteiger partial charge is 0.328 e. The van der Waals surface area contributed by atoms with E-state index in [1.165, 1.54) is 12.8 Å². The molecule has 0 rings (SSSR count). The number of hydrogen-bond acceptors (Lipinski definition) is 3. The zero-order valence-corrected chi connectivity index (χ0v) is 11.1. The molecule has 0 aliphatic heterocycles. The van der Waals surface area contributed by atoms with Crippen LogP contribution in [0.15, 0.2) is 0 Å². The summed E-state index contributed by atoms with van der Waals surface area (Å²) < 4.78 is 0. The van der Waals surface area contributed by atoms with E-state index in [0.29, 0.717) is 0 Å². The minimum atomic E-state index is -1.25. The van der Waals surface area contributed by atoms with E-state index in [-0.39, 0.29) is 6.04 Å². The highest BCUT2D eigenvalue weighted by Crippen LogP contribution is 2.05. The van der Waals surface area contributed by atoms with Crippen molar-refractivity contribution in [2.24, 2.45) is 0 Å². The third kappa shape index (κ3) is 7.89. The van der Waals surface area contributed by atoms with Gasteiger partial charge in [0.1, 0.15) is 0 Å². The van der Waals surface area contributed by atoms with Gasteiger partial charge in [0.2, 0.25) is 0 Å². The van der Waals surface area contributed by atoms with Crippen molar-refractivity contribution in [2.75, 3.05) is 6.61 Å². The van der Waals surface area contributed by atoms with Crippen LogP contribution in [0.2, 0.25) is 0 Å². The molecule has 0 bridgehead atoms. The summed E-state index contributed by atoms with van der Waals surface area (Å²) >= 11 is 0. The first-order chi connectivity index (χ1) is 8.51. The van der Waals surface area contributed by atoms with Gasteiger partial charge in [-0.05, 0) is 13.3 Å². The number of nitrogens with one attached hydrogen (secondary N) is 2. The first-order valence-corrected chi connectivity index (χ1v) is 6.42. The monoisotopic (exact) mass is 260 g/mol. The lowest BCUT2D eigenvalue weighted by Gasteiger charge is -2.17. The third-order valence-electron chi connectivity index (χ3n) is 2.65. The highest BCUT2D eigenvalue weighted by atomic mass is 16.4. The Hall–Kier alpha value is -1.30. The van der Waals surface area contributed by atoms with Crippen LogP contribution >= 0.6 is 0 Å². The van der Waals surface area contributed by atoms with Crippen LogP contribution in [0.4, 0.5) is 4.79 Å². The van der Waals surface area contributed by atoms with E-state index < -0.39 is 24.6 Å². The topological polar surface area (TPSA) is 98.7 Å². The largest absolute Gasteiger partial charge is 0.480 e. The minimum Gasteiger partial charge on any atom is -0.480 e. The van der Waals surface area contributed by atoms with Gasteiger partial charge in [-0.3, -0.25) is 0 Å². The molecule has 0 aromatic carbocycles. The van der Waals surface area contributed by atoms with Gasteiger partial charge < -0.3 is 20.8 Å². The molecular formula is C12H24N2O4. The SMILES string of the molecule is CCCCCCC(C)NC(=O)N[C@H](CO)C(=O)O. The van der Waals surface area contributed by atoms with Gasteiger partial charge in [0.25, 0.3) is 0 Å². The molecule has 0 aliphatic rings. The molecule has 2 atom stereocenters. The molecule has 2 amide bonds. The Kier molecular flexibility index (Phi) is 9.00. The van der Waals surface area contributed by atoms with E-state index in [2.05, 4.69) is 17.6 Å². The number of carboxylic acid groups (broad SMARTS) is 1. The molecule has 4 N–H and O–H groups in total. The summed E-state index contributed by atoms with van der Waals surface area (Å²) in [6.45, 7) is 3.39. The predicted octanol–water partition coefficient (Wildman–Crippen LogP) is 1.09. The Morgan fingerprint density at radius 1 is 1.17 bits per heavy atom. The highest BCUT2D eigenvalue weighted by molar-refractivity contribution is 5.82. The average Bonchev–Trinajstić information content (AvgIpc) is 2.31. The summed E-state index contributed by atoms with van der Waals surface area (Å²) in [7, 11) is 0. The zero-order valence-electron chi connectivity index (χ0n) is 11.1. The van der Waals surface area contributed by atoms with Crippen LogP contribution < -0.4 is 10.6 Å². The van der Waals surface area contributed by atoms with Crippen LogP contribution in [0, 0.1) is 0 Å². The second-order valence-corrected chi connectivity index (χ2v) is 4.44. The van der Waals surface area contributed by atoms with Gasteiger partial charge in [-0.2, -0.15) is 0 Å². The fraction of sp³-hybridized carbons (Fsp3) is 0.833. The Morgan fingerprint density at radius 2 is 1.83 bits per heavy atom. The quantitative estimate of drug-likeness (QED) is 0.466. The second kappa shape index (κ2) is 9.70. The molecule has 0 fully saturated rings. The number of aliphatic carboxylic acids is 1. The molecule has 0 saturated carbocycles. The van der Waals surface area contributed by atoms with E-state index in [9.17, 15) is 9.59 Å². The van der Waals surface area contributed by atoms with E-state index in [0.717, 1.165) is 19.3 Å². The maximum absolute atomic E-state index is 11.4. The Bertz CT molecular complexity index is 258. The molecule has 0 spiro atoms. The number of amides is 2. The van der Waals surface area contributed by atoms with Crippen LogP contribution in [0.25, 0.3) is 0 Å². The lowest BCUT2D eigenvalue weighted by molar-refractivity contribution is -0.140. The molecule has 18 heavy (non-hydrogen) atoms. The molecule has 106 valence electrons. The van der Waals surface area contributed by atoms with Crippen molar-refractivity contribution in [3.8, 4) is 0 Å². The first kappa shape index (κ1) is 16.7. The third-order valence-corrected chi connectivity index (χ3v) is 2.65. The van der Waals surface area contributed by atoms with Crippen molar-refractivity contribution in [2.45, 2.75) is 58.0 Å². The molecule has 6 nitrogen and oxygen atoms in total. The summed E-state index contributed by atoms with van der Waals surface area (Å²) in [5.74, 6) is -1.25. The highest BCUT2D eigenvalue weighted by Gasteiger charge is 2.19. The lowest BCUT2D eigenvalue weighted by atomic mass is 10.1. The number of rotatable bonds is 9. The van der Waals surface area contributed by atoms with Crippen molar-refractivity contribution < 1.29 is 19.8 Å². The van der Waals surface area contributed by atoms with Gasteiger partial charge in [0, 0.05) is 6.04 Å². The number of carboxylic acids is 1. The summed E-state index contributed by atoms with van der Waals surface area (Å²) in [4.78, 5) is 22.0. The van der Waals surface area contributed by atoms with Gasteiger partial charge >= 0.3 is 12.0 Å². The van der Waals surface area contributed by atoms with Gasteiger partial charge in [-0.15, -0.1) is 0 Å². The average molecular weight is 260 g/mol. The summed E-state index contributed by atoms with van der Waals surface area (Å²) in [5.41, 5.74) is 0. The van der Waals surface area contributed by atoms with E-state index in [1.807, 2.05) is 6.92 Å². The fourth-order valence-corrected chi connectivity index (χ4v) is 1.56. The van der Waals surface area contributed by atoms with Gasteiger partial charge in [-0.25, -0.2) is 9.59 Å².